The van der Waals surface area contributed by atoms with E-state index >= 15 is 0 Å². The smallest absolute Gasteiger partial charge is 0.323 e. The number of carboxylic acids is 1. The number of anilines is 1. The van der Waals surface area contributed by atoms with Crippen LogP contribution in [0, 0.1) is 0 Å². The van der Waals surface area contributed by atoms with Gasteiger partial charge in [-0.1, -0.05) is 47.9 Å². The van der Waals surface area contributed by atoms with Crippen LogP contribution < -0.4 is 19.7 Å². The molecule has 0 radical (unpaired) electrons. The van der Waals surface area contributed by atoms with Crippen LogP contribution in [-0.2, 0) is 26.3 Å². The lowest BCUT2D eigenvalue weighted by atomic mass is 10.3. The normalized spacial score (nSPS) is 19.2. The summed E-state index contributed by atoms with van der Waals surface area (Å²) in [6.45, 7) is 1.35. The van der Waals surface area contributed by atoms with Crippen molar-refractivity contribution in [2.24, 2.45) is 0 Å². The molecule has 180 valence electrons. The van der Waals surface area contributed by atoms with E-state index in [1.807, 2.05) is 12.1 Å². The molecule has 3 heterocycles. The molecule has 1 fully saturated rings. The van der Waals surface area contributed by atoms with E-state index < -0.39 is 34.3 Å². The molecule has 1 saturated heterocycles. The number of carbonyl (C=O) groups is 2. The highest BCUT2D eigenvalue weighted by Gasteiger charge is 2.36. The summed E-state index contributed by atoms with van der Waals surface area (Å²) in [7, 11) is -4.24. The Labute approximate surface area is 211 Å². The number of aliphatic carboxylic acids is 1. The molecule has 0 spiro atoms. The minimum Gasteiger partial charge on any atom is -0.480 e. The summed E-state index contributed by atoms with van der Waals surface area (Å²) in [5.41, 5.74) is 0.342. The van der Waals surface area contributed by atoms with Crippen molar-refractivity contribution >= 4 is 89.0 Å². The fourth-order valence-electron chi connectivity index (χ4n) is 3.43. The molecule has 34 heavy (non-hydrogen) atoms. The predicted molar refractivity (Wildman–Crippen MR) is 136 cm³/mol. The summed E-state index contributed by atoms with van der Waals surface area (Å²) in [4.78, 5) is 41.1. The van der Waals surface area contributed by atoms with E-state index in [0.29, 0.717) is 19.9 Å². The van der Waals surface area contributed by atoms with Crippen LogP contribution in [0.3, 0.4) is 0 Å². The summed E-state index contributed by atoms with van der Waals surface area (Å²) in [6.07, 6.45) is 0. The number of carboxylic acid groups (broad SMARTS) is 1. The Bertz CT molecular complexity index is 1510. The third-order valence-electron chi connectivity index (χ3n) is 4.91. The first-order valence-corrected chi connectivity index (χ1v) is 14.2. The summed E-state index contributed by atoms with van der Waals surface area (Å²) >= 11 is 8.48. The van der Waals surface area contributed by atoms with Crippen molar-refractivity contribution in [3.8, 4) is 0 Å². The molecular formula is C19H17N3O7S5. The Kier molecular flexibility index (Phi) is 6.94. The molecule has 15 heteroatoms. The third-order valence-corrected chi connectivity index (χ3v) is 9.68. The van der Waals surface area contributed by atoms with E-state index in [-0.39, 0.29) is 27.9 Å². The highest BCUT2D eigenvalue weighted by atomic mass is 32.2. The second-order valence-corrected chi connectivity index (χ2v) is 12.3. The van der Waals surface area contributed by atoms with Crippen LogP contribution in [-0.4, -0.2) is 62.6 Å². The number of nitrogens with zero attached hydrogens (tertiary/aromatic N) is 3. The Morgan fingerprint density at radius 3 is 2.50 bits per heavy atom. The molecule has 0 bridgehead atoms. The van der Waals surface area contributed by atoms with E-state index in [4.69, 9.17) is 17.3 Å². The van der Waals surface area contributed by atoms with Crippen LogP contribution >= 0.6 is 47.1 Å². The SMILES string of the molecule is CCn1c(=C2SC(=S)N(CC(=O)O)C2=O)sc(=C2Sc3ccccc3N2CCS(=O)(=O)O)c1=O. The molecule has 2 aliphatic heterocycles. The maximum atomic E-state index is 13.4. The molecule has 1 aromatic heterocycles. The third kappa shape index (κ3) is 4.67. The van der Waals surface area contributed by atoms with Crippen molar-refractivity contribution in [3.63, 3.8) is 0 Å². The van der Waals surface area contributed by atoms with Crippen molar-refractivity contribution in [1.29, 1.82) is 0 Å². The molecule has 1 amide bonds. The van der Waals surface area contributed by atoms with Gasteiger partial charge in [0.2, 0.25) is 0 Å². The molecule has 2 aromatic rings. The van der Waals surface area contributed by atoms with Gasteiger partial charge in [0.25, 0.3) is 21.6 Å². The van der Waals surface area contributed by atoms with E-state index in [2.05, 4.69) is 0 Å². The largest absolute Gasteiger partial charge is 0.480 e. The van der Waals surface area contributed by atoms with Crippen molar-refractivity contribution < 1.29 is 27.7 Å². The highest BCUT2D eigenvalue weighted by Crippen LogP contribution is 2.46. The van der Waals surface area contributed by atoms with Gasteiger partial charge in [0.15, 0.2) is 0 Å². The maximum absolute atomic E-state index is 13.4. The minimum absolute atomic E-state index is 0.0717. The lowest BCUT2D eigenvalue weighted by Gasteiger charge is -2.18. The number of amides is 1. The van der Waals surface area contributed by atoms with Gasteiger partial charge in [-0.3, -0.25) is 28.4 Å². The Hall–Kier alpha value is -2.17. The van der Waals surface area contributed by atoms with E-state index in [0.717, 1.165) is 32.9 Å². The highest BCUT2D eigenvalue weighted by molar-refractivity contribution is 8.30. The number of aromatic nitrogens is 1. The van der Waals surface area contributed by atoms with Gasteiger partial charge in [-0.05, 0) is 19.1 Å². The molecule has 2 N–H and O–H groups in total. The van der Waals surface area contributed by atoms with Gasteiger partial charge in [-0.25, -0.2) is 0 Å². The van der Waals surface area contributed by atoms with Crippen molar-refractivity contribution in [2.45, 2.75) is 18.4 Å². The standard InChI is InChI=1S/C19H17N3O7S5/c1-2-20-15(25)13(32-17(20)14-16(26)22(9-12(23)24)19(30)33-14)18-21(7-8-34(27,28)29)10-5-3-4-6-11(10)31-18/h3-6H,2,7-9H2,1H3,(H,23,24)(H,27,28,29). The zero-order chi connectivity index (χ0) is 24.8. The van der Waals surface area contributed by atoms with Crippen LogP contribution in [0.2, 0.25) is 0 Å². The first-order valence-electron chi connectivity index (χ1n) is 9.75. The molecule has 0 aliphatic carbocycles. The summed E-state index contributed by atoms with van der Waals surface area (Å²) in [6, 6.07) is 7.24. The number of para-hydroxylation sites is 1. The van der Waals surface area contributed by atoms with Gasteiger partial charge in [0, 0.05) is 18.0 Å². The van der Waals surface area contributed by atoms with Crippen molar-refractivity contribution in [1.82, 2.24) is 9.47 Å². The van der Waals surface area contributed by atoms with Gasteiger partial charge in [-0.2, -0.15) is 8.42 Å². The first kappa shape index (κ1) is 24.9. The van der Waals surface area contributed by atoms with Crippen LogP contribution in [0.4, 0.5) is 5.69 Å². The zero-order valence-electron chi connectivity index (χ0n) is 17.5. The molecule has 0 saturated carbocycles. The van der Waals surface area contributed by atoms with Crippen LogP contribution in [0.1, 0.15) is 6.92 Å². The molecule has 0 unspecified atom stereocenters. The summed E-state index contributed by atoms with van der Waals surface area (Å²) < 4.78 is 34.3. The molecule has 0 atom stereocenters. The second-order valence-electron chi connectivity index (χ2n) is 7.08. The Morgan fingerprint density at radius 2 is 1.85 bits per heavy atom. The van der Waals surface area contributed by atoms with Gasteiger partial charge in [0.05, 0.1) is 11.4 Å². The van der Waals surface area contributed by atoms with E-state index in [1.165, 1.54) is 16.3 Å². The quantitative estimate of drug-likeness (QED) is 0.379. The fraction of sp³-hybridized carbons (Fsp3) is 0.263. The predicted octanol–water partition coefficient (Wildman–Crippen LogP) is 0.549. The molecule has 10 nitrogen and oxygen atoms in total. The summed E-state index contributed by atoms with van der Waals surface area (Å²) in [5, 5.41) is 9.58. The minimum atomic E-state index is -4.24. The molecule has 2 aliphatic rings. The Morgan fingerprint density at radius 1 is 1.15 bits per heavy atom. The van der Waals surface area contributed by atoms with E-state index in [9.17, 15) is 27.4 Å². The van der Waals surface area contributed by atoms with Gasteiger partial charge in [-0.15, -0.1) is 11.3 Å². The fourth-order valence-corrected chi connectivity index (χ4v) is 7.78. The van der Waals surface area contributed by atoms with Crippen molar-refractivity contribution in [3.05, 3.63) is 43.8 Å². The monoisotopic (exact) mass is 559 g/mol. The number of carbonyl (C=O) groups excluding carboxylic acids is 1. The number of thiazole rings is 1. The second kappa shape index (κ2) is 9.47. The molecule has 1 aromatic carbocycles. The number of fused-ring (bicyclic) bond motifs is 1. The van der Waals surface area contributed by atoms with Crippen LogP contribution in [0.15, 0.2) is 34.0 Å². The maximum Gasteiger partial charge on any atom is 0.323 e. The van der Waals surface area contributed by atoms with Gasteiger partial charge >= 0.3 is 5.97 Å². The van der Waals surface area contributed by atoms with Gasteiger partial charge < -0.3 is 10.0 Å². The average molecular weight is 560 g/mol. The average Bonchev–Trinajstić information content (AvgIpc) is 3.38. The zero-order valence-corrected chi connectivity index (χ0v) is 21.5. The number of hydrogen-bond donors (Lipinski definition) is 2. The van der Waals surface area contributed by atoms with Crippen molar-refractivity contribution in [2.75, 3.05) is 23.7 Å². The van der Waals surface area contributed by atoms with Crippen LogP contribution in [0.5, 0.6) is 0 Å². The number of thiocarbonyl (C=S) groups is 1. The topological polar surface area (TPSA) is 137 Å². The lowest BCUT2D eigenvalue weighted by molar-refractivity contribution is -0.140. The Balaban J connectivity index is 1.92. The number of hydrogen-bond acceptors (Lipinski definition) is 10. The number of thioether (sulfide) groups is 2. The van der Waals surface area contributed by atoms with Crippen LogP contribution in [0.25, 0.3) is 9.93 Å². The number of rotatable bonds is 6. The summed E-state index contributed by atoms with van der Waals surface area (Å²) in [5.74, 6) is -2.32. The molecule has 4 rings (SSSR count). The lowest BCUT2D eigenvalue weighted by Crippen LogP contribution is -2.36. The van der Waals surface area contributed by atoms with E-state index in [1.54, 1.807) is 24.0 Å². The number of benzene rings is 1. The van der Waals surface area contributed by atoms with Gasteiger partial charge in [0.1, 0.15) is 30.0 Å². The first-order chi connectivity index (χ1) is 16.0. The molecular weight excluding hydrogens is 543 g/mol.